The Morgan fingerprint density at radius 1 is 1.05 bits per heavy atom. The van der Waals surface area contributed by atoms with E-state index in [-0.39, 0.29) is 11.4 Å². The predicted octanol–water partition coefficient (Wildman–Crippen LogP) is 2.69. The van der Waals surface area contributed by atoms with E-state index in [0.717, 1.165) is 0 Å². The fourth-order valence-electron chi connectivity index (χ4n) is 1.43. The zero-order chi connectivity index (χ0) is 13.8. The van der Waals surface area contributed by atoms with Crippen LogP contribution in [-0.2, 0) is 0 Å². The van der Waals surface area contributed by atoms with Crippen molar-refractivity contribution in [2.45, 2.75) is 0 Å². The molecule has 0 atom stereocenters. The molecule has 0 aliphatic rings. The van der Waals surface area contributed by atoms with Crippen LogP contribution in [0.25, 0.3) is 0 Å². The van der Waals surface area contributed by atoms with E-state index in [2.05, 4.69) is 10.3 Å². The second-order valence-corrected chi connectivity index (χ2v) is 4.05. The van der Waals surface area contributed by atoms with Crippen LogP contribution >= 0.6 is 11.6 Å². The lowest BCUT2D eigenvalue weighted by Crippen LogP contribution is -2.15. The van der Waals surface area contributed by atoms with E-state index < -0.39 is 11.9 Å². The zero-order valence-electron chi connectivity index (χ0n) is 9.63. The third-order valence-electron chi connectivity index (χ3n) is 2.32. The summed E-state index contributed by atoms with van der Waals surface area (Å²) in [6.07, 6.45) is 0. The van der Waals surface area contributed by atoms with Crippen LogP contribution in [0.3, 0.4) is 0 Å². The van der Waals surface area contributed by atoms with Crippen molar-refractivity contribution in [3.63, 3.8) is 0 Å². The van der Waals surface area contributed by atoms with Crippen LogP contribution in [0.15, 0.2) is 42.5 Å². The zero-order valence-corrected chi connectivity index (χ0v) is 10.4. The molecule has 0 saturated carbocycles. The minimum atomic E-state index is -1.19. The molecule has 1 aromatic heterocycles. The molecule has 0 saturated heterocycles. The summed E-state index contributed by atoms with van der Waals surface area (Å²) in [4.78, 5) is 26.4. The quantitative estimate of drug-likeness (QED) is 0.903. The number of nitrogens with zero attached hydrogens (tertiary/aromatic N) is 1. The summed E-state index contributed by atoms with van der Waals surface area (Å²) in [5, 5.41) is 11.8. The van der Waals surface area contributed by atoms with Gasteiger partial charge in [-0.1, -0.05) is 29.8 Å². The fourth-order valence-corrected chi connectivity index (χ4v) is 1.61. The molecule has 96 valence electrons. The molecule has 6 heteroatoms. The minimum Gasteiger partial charge on any atom is -0.477 e. The third kappa shape index (κ3) is 3.08. The second-order valence-electron chi connectivity index (χ2n) is 3.65. The maximum atomic E-state index is 11.9. The molecule has 2 N–H and O–H groups in total. The number of carboxylic acids is 1. The lowest BCUT2D eigenvalue weighted by atomic mass is 10.2. The molecular weight excluding hydrogens is 268 g/mol. The van der Waals surface area contributed by atoms with Gasteiger partial charge in [0.25, 0.3) is 5.91 Å². The van der Waals surface area contributed by atoms with Crippen molar-refractivity contribution in [1.82, 2.24) is 4.98 Å². The number of benzene rings is 1. The molecule has 5 nitrogen and oxygen atoms in total. The number of amides is 1. The van der Waals surface area contributed by atoms with Gasteiger partial charge in [-0.3, -0.25) is 4.79 Å². The SMILES string of the molecule is O=C(O)c1cccc(C(=O)Nc2ccccc2Cl)n1. The number of carboxylic acid groups (broad SMARTS) is 1. The summed E-state index contributed by atoms with van der Waals surface area (Å²) in [5.41, 5.74) is 0.267. The molecule has 0 aliphatic heterocycles. The van der Waals surface area contributed by atoms with E-state index >= 15 is 0 Å². The Hall–Kier alpha value is -2.40. The molecule has 0 radical (unpaired) electrons. The van der Waals surface area contributed by atoms with Crippen molar-refractivity contribution in [3.8, 4) is 0 Å². The lowest BCUT2D eigenvalue weighted by Gasteiger charge is -2.06. The molecule has 1 amide bonds. The van der Waals surface area contributed by atoms with Crippen molar-refractivity contribution in [2.24, 2.45) is 0 Å². The van der Waals surface area contributed by atoms with Gasteiger partial charge in [0.15, 0.2) is 0 Å². The highest BCUT2D eigenvalue weighted by Gasteiger charge is 2.12. The number of halogens is 1. The number of hydrogen-bond acceptors (Lipinski definition) is 3. The molecule has 0 bridgehead atoms. The highest BCUT2D eigenvalue weighted by Crippen LogP contribution is 2.20. The Morgan fingerprint density at radius 3 is 2.42 bits per heavy atom. The van der Waals surface area contributed by atoms with Gasteiger partial charge in [0, 0.05) is 0 Å². The largest absolute Gasteiger partial charge is 0.477 e. The summed E-state index contributed by atoms with van der Waals surface area (Å²) in [6, 6.07) is 10.9. The number of para-hydroxylation sites is 1. The van der Waals surface area contributed by atoms with E-state index in [0.29, 0.717) is 10.7 Å². The highest BCUT2D eigenvalue weighted by atomic mass is 35.5. The van der Waals surface area contributed by atoms with Crippen LogP contribution in [0.1, 0.15) is 21.0 Å². The molecule has 0 unspecified atom stereocenters. The van der Waals surface area contributed by atoms with Gasteiger partial charge in [-0.15, -0.1) is 0 Å². The number of aromatic nitrogens is 1. The lowest BCUT2D eigenvalue weighted by molar-refractivity contribution is 0.0690. The summed E-state index contributed by atoms with van der Waals surface area (Å²) in [6.45, 7) is 0. The molecule has 0 fully saturated rings. The van der Waals surface area contributed by atoms with Crippen LogP contribution in [0.2, 0.25) is 5.02 Å². The topological polar surface area (TPSA) is 79.3 Å². The first-order valence-electron chi connectivity index (χ1n) is 5.34. The van der Waals surface area contributed by atoms with E-state index in [1.165, 1.54) is 18.2 Å². The number of hydrogen-bond donors (Lipinski definition) is 2. The van der Waals surface area contributed by atoms with Gasteiger partial charge < -0.3 is 10.4 Å². The second kappa shape index (κ2) is 5.49. The van der Waals surface area contributed by atoms with E-state index in [1.54, 1.807) is 24.3 Å². The van der Waals surface area contributed by atoms with Gasteiger partial charge >= 0.3 is 5.97 Å². The number of carbonyl (C=O) groups is 2. The fraction of sp³-hybridized carbons (Fsp3) is 0. The number of pyridine rings is 1. The molecule has 2 aromatic rings. The number of carbonyl (C=O) groups excluding carboxylic acids is 1. The first-order chi connectivity index (χ1) is 9.08. The van der Waals surface area contributed by atoms with Crippen LogP contribution in [-0.4, -0.2) is 22.0 Å². The average Bonchev–Trinajstić information content (AvgIpc) is 2.41. The van der Waals surface area contributed by atoms with Gasteiger partial charge in [-0.25, -0.2) is 9.78 Å². The number of anilines is 1. The Labute approximate surface area is 113 Å². The summed E-state index contributed by atoms with van der Waals surface area (Å²) < 4.78 is 0. The first kappa shape index (κ1) is 13.0. The molecule has 1 heterocycles. The van der Waals surface area contributed by atoms with Crippen molar-refractivity contribution >= 4 is 29.2 Å². The van der Waals surface area contributed by atoms with Crippen LogP contribution < -0.4 is 5.32 Å². The van der Waals surface area contributed by atoms with E-state index in [1.807, 2.05) is 0 Å². The number of aromatic carboxylic acids is 1. The Morgan fingerprint density at radius 2 is 1.74 bits per heavy atom. The van der Waals surface area contributed by atoms with Gasteiger partial charge in [0.2, 0.25) is 0 Å². The monoisotopic (exact) mass is 276 g/mol. The van der Waals surface area contributed by atoms with Crippen LogP contribution in [0, 0.1) is 0 Å². The van der Waals surface area contributed by atoms with Crippen LogP contribution in [0.5, 0.6) is 0 Å². The van der Waals surface area contributed by atoms with Crippen molar-refractivity contribution in [1.29, 1.82) is 0 Å². The molecular formula is C13H9ClN2O3. The van der Waals surface area contributed by atoms with Crippen molar-refractivity contribution in [2.75, 3.05) is 5.32 Å². The van der Waals surface area contributed by atoms with Crippen LogP contribution in [0.4, 0.5) is 5.69 Å². The third-order valence-corrected chi connectivity index (χ3v) is 2.65. The summed E-state index contributed by atoms with van der Waals surface area (Å²) >= 11 is 5.91. The normalized spacial score (nSPS) is 9.95. The Bertz CT molecular complexity index is 643. The van der Waals surface area contributed by atoms with Crippen molar-refractivity contribution < 1.29 is 14.7 Å². The summed E-state index contributed by atoms with van der Waals surface area (Å²) in [7, 11) is 0. The first-order valence-corrected chi connectivity index (χ1v) is 5.72. The highest BCUT2D eigenvalue weighted by molar-refractivity contribution is 6.33. The maximum Gasteiger partial charge on any atom is 0.354 e. The molecule has 2 rings (SSSR count). The summed E-state index contributed by atoms with van der Waals surface area (Å²) in [5.74, 6) is -1.71. The average molecular weight is 277 g/mol. The Balaban J connectivity index is 2.23. The number of rotatable bonds is 3. The Kier molecular flexibility index (Phi) is 3.77. The van der Waals surface area contributed by atoms with Gasteiger partial charge in [0.1, 0.15) is 11.4 Å². The maximum absolute atomic E-state index is 11.9. The number of nitrogens with one attached hydrogen (secondary N) is 1. The van der Waals surface area contributed by atoms with Crippen molar-refractivity contribution in [3.05, 3.63) is 58.9 Å². The predicted molar refractivity (Wildman–Crippen MR) is 70.6 cm³/mol. The minimum absolute atomic E-state index is 0.0137. The standard InChI is InChI=1S/C13H9ClN2O3/c14-8-4-1-2-5-9(8)16-12(17)10-6-3-7-11(15-10)13(18)19/h1-7H,(H,16,17)(H,18,19). The molecule has 0 spiro atoms. The van der Waals surface area contributed by atoms with Gasteiger partial charge in [-0.05, 0) is 24.3 Å². The molecule has 0 aliphatic carbocycles. The van der Waals surface area contributed by atoms with E-state index in [9.17, 15) is 9.59 Å². The van der Waals surface area contributed by atoms with Gasteiger partial charge in [-0.2, -0.15) is 0 Å². The van der Waals surface area contributed by atoms with E-state index in [4.69, 9.17) is 16.7 Å². The van der Waals surface area contributed by atoms with Gasteiger partial charge in [0.05, 0.1) is 10.7 Å². The molecule has 1 aromatic carbocycles. The smallest absolute Gasteiger partial charge is 0.354 e. The molecule has 19 heavy (non-hydrogen) atoms.